The summed E-state index contributed by atoms with van der Waals surface area (Å²) < 4.78 is 5.98. The molecular formula is C15H12BrClN2O. The normalized spacial score (nSPS) is 11.5. The zero-order valence-electron chi connectivity index (χ0n) is 10.7. The third kappa shape index (κ3) is 3.44. The summed E-state index contributed by atoms with van der Waals surface area (Å²) in [6.45, 7) is 0. The Morgan fingerprint density at radius 2 is 1.95 bits per heavy atom. The Kier molecular flexibility index (Phi) is 4.89. The number of hydrogen-bond donors (Lipinski definition) is 1. The van der Waals surface area contributed by atoms with E-state index in [9.17, 15) is 5.26 Å². The average Bonchev–Trinajstić information content (AvgIpc) is 2.46. The Bertz CT molecular complexity index is 637. The summed E-state index contributed by atoms with van der Waals surface area (Å²) in [6, 6.07) is 14.6. The van der Waals surface area contributed by atoms with E-state index < -0.39 is 6.04 Å². The molecule has 20 heavy (non-hydrogen) atoms. The second kappa shape index (κ2) is 6.65. The fourth-order valence-electron chi connectivity index (χ4n) is 1.77. The van der Waals surface area contributed by atoms with Crippen LogP contribution >= 0.6 is 27.5 Å². The molecule has 0 saturated carbocycles. The largest absolute Gasteiger partial charge is 0.497 e. The summed E-state index contributed by atoms with van der Waals surface area (Å²) in [5.41, 5.74) is 1.57. The molecule has 1 N–H and O–H groups in total. The molecule has 0 saturated heterocycles. The molecule has 2 aromatic carbocycles. The quantitative estimate of drug-likeness (QED) is 0.861. The van der Waals surface area contributed by atoms with Gasteiger partial charge in [-0.25, -0.2) is 0 Å². The van der Waals surface area contributed by atoms with Gasteiger partial charge in [-0.1, -0.05) is 33.6 Å². The van der Waals surface area contributed by atoms with Crippen molar-refractivity contribution in [2.45, 2.75) is 6.04 Å². The predicted molar refractivity (Wildman–Crippen MR) is 84.1 cm³/mol. The van der Waals surface area contributed by atoms with Gasteiger partial charge in [0.2, 0.25) is 0 Å². The van der Waals surface area contributed by atoms with Crippen LogP contribution in [0.5, 0.6) is 5.75 Å². The first-order chi connectivity index (χ1) is 9.63. The summed E-state index contributed by atoms with van der Waals surface area (Å²) in [7, 11) is 1.61. The Labute approximate surface area is 131 Å². The summed E-state index contributed by atoms with van der Waals surface area (Å²) in [6.07, 6.45) is 0. The minimum atomic E-state index is -0.510. The van der Waals surface area contributed by atoms with Crippen LogP contribution in [0.3, 0.4) is 0 Å². The molecule has 0 radical (unpaired) electrons. The topological polar surface area (TPSA) is 45.0 Å². The molecule has 0 aromatic heterocycles. The Morgan fingerprint density at radius 1 is 1.25 bits per heavy atom. The van der Waals surface area contributed by atoms with Crippen LogP contribution in [0.1, 0.15) is 11.6 Å². The highest BCUT2D eigenvalue weighted by Gasteiger charge is 2.14. The fourth-order valence-corrected chi connectivity index (χ4v) is 2.55. The zero-order chi connectivity index (χ0) is 14.5. The van der Waals surface area contributed by atoms with E-state index in [4.69, 9.17) is 16.3 Å². The lowest BCUT2D eigenvalue weighted by atomic mass is 10.1. The maximum absolute atomic E-state index is 9.33. The molecule has 0 aliphatic rings. The van der Waals surface area contributed by atoms with Crippen molar-refractivity contribution < 1.29 is 4.74 Å². The molecule has 0 aliphatic heterocycles. The first kappa shape index (κ1) is 14.7. The van der Waals surface area contributed by atoms with Crippen LogP contribution in [0.4, 0.5) is 5.69 Å². The maximum atomic E-state index is 9.33. The number of rotatable bonds is 4. The van der Waals surface area contributed by atoms with Gasteiger partial charge in [0, 0.05) is 20.7 Å². The zero-order valence-corrected chi connectivity index (χ0v) is 13.1. The van der Waals surface area contributed by atoms with Crippen molar-refractivity contribution in [1.82, 2.24) is 0 Å². The van der Waals surface area contributed by atoms with Crippen LogP contribution in [0.2, 0.25) is 5.02 Å². The minimum absolute atomic E-state index is 0.510. The van der Waals surface area contributed by atoms with Crippen molar-refractivity contribution in [1.29, 1.82) is 5.26 Å². The van der Waals surface area contributed by atoms with E-state index in [-0.39, 0.29) is 0 Å². The summed E-state index contributed by atoms with van der Waals surface area (Å²) in [5.74, 6) is 0.769. The van der Waals surface area contributed by atoms with Gasteiger partial charge in [0.1, 0.15) is 11.8 Å². The number of anilines is 1. The number of nitriles is 1. The molecule has 5 heteroatoms. The molecule has 0 amide bonds. The van der Waals surface area contributed by atoms with E-state index in [1.165, 1.54) is 0 Å². The number of methoxy groups -OCH3 is 1. The fraction of sp³-hybridized carbons (Fsp3) is 0.133. The first-order valence-corrected chi connectivity index (χ1v) is 7.06. The second-order valence-corrected chi connectivity index (χ2v) is 5.42. The van der Waals surface area contributed by atoms with E-state index in [2.05, 4.69) is 27.3 Å². The lowest BCUT2D eigenvalue weighted by Gasteiger charge is -2.15. The Morgan fingerprint density at radius 3 is 2.50 bits per heavy atom. The molecule has 2 rings (SSSR count). The van der Waals surface area contributed by atoms with Crippen molar-refractivity contribution in [3.63, 3.8) is 0 Å². The number of benzene rings is 2. The number of halogens is 2. The molecule has 1 unspecified atom stereocenters. The van der Waals surface area contributed by atoms with E-state index in [1.807, 2.05) is 36.4 Å². The highest BCUT2D eigenvalue weighted by atomic mass is 79.9. The second-order valence-electron chi connectivity index (χ2n) is 4.10. The molecule has 2 aromatic rings. The van der Waals surface area contributed by atoms with Crippen LogP contribution in [0.15, 0.2) is 46.9 Å². The van der Waals surface area contributed by atoms with Crippen LogP contribution < -0.4 is 10.1 Å². The van der Waals surface area contributed by atoms with Crippen molar-refractivity contribution >= 4 is 33.2 Å². The van der Waals surface area contributed by atoms with Gasteiger partial charge in [-0.15, -0.1) is 0 Å². The molecule has 3 nitrogen and oxygen atoms in total. The molecule has 0 fully saturated rings. The highest BCUT2D eigenvalue weighted by molar-refractivity contribution is 9.10. The smallest absolute Gasteiger partial charge is 0.141 e. The number of nitrogens with one attached hydrogen (secondary N) is 1. The van der Waals surface area contributed by atoms with Crippen molar-refractivity contribution in [3.05, 3.63) is 57.5 Å². The van der Waals surface area contributed by atoms with Gasteiger partial charge in [0.15, 0.2) is 0 Å². The molecular weight excluding hydrogens is 340 g/mol. The summed E-state index contributed by atoms with van der Waals surface area (Å²) in [5, 5.41) is 13.0. The standard InChI is InChI=1S/C15H12BrClN2O/c1-20-12-5-3-11(4-6-12)19-15(9-18)13-7-2-10(16)8-14(13)17/h2-8,15,19H,1H3. The van der Waals surface area contributed by atoms with Crippen LogP contribution in [0, 0.1) is 11.3 Å². The van der Waals surface area contributed by atoms with Crippen LogP contribution in [-0.4, -0.2) is 7.11 Å². The van der Waals surface area contributed by atoms with Gasteiger partial charge in [0.05, 0.1) is 13.2 Å². The van der Waals surface area contributed by atoms with Crippen LogP contribution in [0.25, 0.3) is 0 Å². The molecule has 0 spiro atoms. The van der Waals surface area contributed by atoms with E-state index in [1.54, 1.807) is 13.2 Å². The SMILES string of the molecule is COc1ccc(NC(C#N)c2ccc(Br)cc2Cl)cc1. The number of nitrogens with zero attached hydrogens (tertiary/aromatic N) is 1. The monoisotopic (exact) mass is 350 g/mol. The lowest BCUT2D eigenvalue weighted by Crippen LogP contribution is -2.09. The van der Waals surface area contributed by atoms with E-state index >= 15 is 0 Å². The van der Waals surface area contributed by atoms with Gasteiger partial charge in [-0.05, 0) is 36.4 Å². The van der Waals surface area contributed by atoms with Crippen molar-refractivity contribution in [2.75, 3.05) is 12.4 Å². The number of ether oxygens (including phenoxy) is 1. The van der Waals surface area contributed by atoms with E-state index in [0.29, 0.717) is 5.02 Å². The highest BCUT2D eigenvalue weighted by Crippen LogP contribution is 2.29. The molecule has 0 bridgehead atoms. The molecule has 0 aliphatic carbocycles. The first-order valence-electron chi connectivity index (χ1n) is 5.89. The number of hydrogen-bond acceptors (Lipinski definition) is 3. The maximum Gasteiger partial charge on any atom is 0.141 e. The Balaban J connectivity index is 2.22. The van der Waals surface area contributed by atoms with Gasteiger partial charge >= 0.3 is 0 Å². The summed E-state index contributed by atoms with van der Waals surface area (Å²) >= 11 is 9.52. The van der Waals surface area contributed by atoms with Crippen LogP contribution in [-0.2, 0) is 0 Å². The van der Waals surface area contributed by atoms with Gasteiger partial charge in [0.25, 0.3) is 0 Å². The predicted octanol–water partition coefficient (Wildman–Crippen LogP) is 4.79. The van der Waals surface area contributed by atoms with Gasteiger partial charge < -0.3 is 10.1 Å². The molecule has 1 atom stereocenters. The van der Waals surface area contributed by atoms with Crippen molar-refractivity contribution in [2.24, 2.45) is 0 Å². The Hall–Kier alpha value is -1.70. The third-order valence-corrected chi connectivity index (χ3v) is 3.62. The average molecular weight is 352 g/mol. The molecule has 102 valence electrons. The molecule has 0 heterocycles. The van der Waals surface area contributed by atoms with Crippen molar-refractivity contribution in [3.8, 4) is 11.8 Å². The van der Waals surface area contributed by atoms with E-state index in [0.717, 1.165) is 21.5 Å². The van der Waals surface area contributed by atoms with Gasteiger partial charge in [-0.2, -0.15) is 5.26 Å². The van der Waals surface area contributed by atoms with Gasteiger partial charge in [-0.3, -0.25) is 0 Å². The minimum Gasteiger partial charge on any atom is -0.497 e. The lowest BCUT2D eigenvalue weighted by molar-refractivity contribution is 0.415. The third-order valence-electron chi connectivity index (χ3n) is 2.80. The summed E-state index contributed by atoms with van der Waals surface area (Å²) in [4.78, 5) is 0.